The lowest BCUT2D eigenvalue weighted by molar-refractivity contribution is 0.388. The molecular weight excluding hydrogens is 348 g/mol. The zero-order chi connectivity index (χ0) is 19.5. The van der Waals surface area contributed by atoms with Gasteiger partial charge >= 0.3 is 0 Å². The second kappa shape index (κ2) is 7.79. The lowest BCUT2D eigenvalue weighted by Gasteiger charge is -2.30. The first-order valence-electron chi connectivity index (χ1n) is 9.38. The Hall–Kier alpha value is -3.24. The number of fused-ring (bicyclic) bond motifs is 1. The normalized spacial score (nSPS) is 13.2. The van der Waals surface area contributed by atoms with E-state index in [-0.39, 0.29) is 0 Å². The lowest BCUT2D eigenvalue weighted by atomic mass is 10.0. The van der Waals surface area contributed by atoms with Gasteiger partial charge in [0, 0.05) is 36.0 Å². The summed E-state index contributed by atoms with van der Waals surface area (Å²) in [6.45, 7) is 1.40. The van der Waals surface area contributed by atoms with E-state index in [1.165, 1.54) is 0 Å². The Labute approximate surface area is 165 Å². The van der Waals surface area contributed by atoms with Gasteiger partial charge in [-0.3, -0.25) is 0 Å². The summed E-state index contributed by atoms with van der Waals surface area (Å²) in [5, 5.41) is 10.2. The molecular formula is C24H24N2O2. The van der Waals surface area contributed by atoms with Gasteiger partial charge in [0.1, 0.15) is 17.3 Å². The average Bonchev–Trinajstić information content (AvgIpc) is 2.70. The van der Waals surface area contributed by atoms with E-state index < -0.39 is 0 Å². The van der Waals surface area contributed by atoms with Crippen molar-refractivity contribution in [3.63, 3.8) is 0 Å². The Morgan fingerprint density at radius 1 is 0.964 bits per heavy atom. The molecule has 0 fully saturated rings. The van der Waals surface area contributed by atoms with E-state index in [0.29, 0.717) is 12.3 Å². The largest absolute Gasteiger partial charge is 0.508 e. The van der Waals surface area contributed by atoms with Crippen molar-refractivity contribution < 1.29 is 9.84 Å². The molecule has 4 nitrogen and oxygen atoms in total. The molecule has 28 heavy (non-hydrogen) atoms. The van der Waals surface area contributed by atoms with Crippen molar-refractivity contribution in [1.29, 1.82) is 0 Å². The van der Waals surface area contributed by atoms with Gasteiger partial charge in [0.15, 0.2) is 0 Å². The Morgan fingerprint density at radius 2 is 1.71 bits per heavy atom. The molecule has 0 aromatic heterocycles. The van der Waals surface area contributed by atoms with Crippen LogP contribution in [0.2, 0.25) is 0 Å². The zero-order valence-electron chi connectivity index (χ0n) is 16.2. The number of aliphatic hydroxyl groups is 1. The maximum Gasteiger partial charge on any atom is 0.134 e. The summed E-state index contributed by atoms with van der Waals surface area (Å²) in [6, 6.07) is 24.1. The molecule has 0 bridgehead atoms. The third kappa shape index (κ3) is 3.73. The number of nitrogens with zero attached hydrogens (tertiary/aromatic N) is 2. The monoisotopic (exact) mass is 372 g/mol. The number of anilines is 2. The minimum atomic E-state index is 0.330. The quantitative estimate of drug-likeness (QED) is 0.633. The van der Waals surface area contributed by atoms with Crippen LogP contribution >= 0.6 is 0 Å². The van der Waals surface area contributed by atoms with Crippen molar-refractivity contribution in [2.45, 2.75) is 6.54 Å². The highest BCUT2D eigenvalue weighted by Crippen LogP contribution is 2.38. The molecule has 0 saturated heterocycles. The average molecular weight is 372 g/mol. The van der Waals surface area contributed by atoms with E-state index in [2.05, 4.69) is 42.1 Å². The Balaban J connectivity index is 1.73. The second-order valence-corrected chi connectivity index (χ2v) is 7.16. The topological polar surface area (TPSA) is 35.9 Å². The number of para-hydroxylation sites is 2. The van der Waals surface area contributed by atoms with Crippen molar-refractivity contribution in [2.24, 2.45) is 0 Å². The zero-order valence-corrected chi connectivity index (χ0v) is 16.2. The molecule has 4 rings (SSSR count). The highest BCUT2D eigenvalue weighted by molar-refractivity contribution is 5.81. The first-order valence-corrected chi connectivity index (χ1v) is 9.38. The van der Waals surface area contributed by atoms with Crippen LogP contribution in [0.5, 0.6) is 11.5 Å². The van der Waals surface area contributed by atoms with Gasteiger partial charge in [-0.15, -0.1) is 0 Å². The van der Waals surface area contributed by atoms with Crippen LogP contribution in [-0.2, 0) is 6.54 Å². The molecule has 1 N–H and O–H groups in total. The second-order valence-electron chi connectivity index (χ2n) is 7.16. The summed E-state index contributed by atoms with van der Waals surface area (Å²) in [7, 11) is 4.10. The molecule has 0 atom stereocenters. The van der Waals surface area contributed by atoms with Crippen LogP contribution < -0.4 is 9.64 Å². The maximum atomic E-state index is 10.2. The predicted octanol–water partition coefficient (Wildman–Crippen LogP) is 5.59. The van der Waals surface area contributed by atoms with Crippen molar-refractivity contribution in [3.8, 4) is 11.5 Å². The number of rotatable bonds is 5. The molecule has 0 aliphatic carbocycles. The summed E-state index contributed by atoms with van der Waals surface area (Å²) in [4.78, 5) is 4.32. The Morgan fingerprint density at radius 3 is 2.50 bits per heavy atom. The molecule has 0 unspecified atom stereocenters. The van der Waals surface area contributed by atoms with Crippen LogP contribution in [0.25, 0.3) is 5.76 Å². The highest BCUT2D eigenvalue weighted by atomic mass is 16.5. The molecule has 0 radical (unpaired) electrons. The summed E-state index contributed by atoms with van der Waals surface area (Å²) in [5.74, 6) is 1.99. The molecule has 3 aromatic carbocycles. The van der Waals surface area contributed by atoms with Crippen LogP contribution in [0.1, 0.15) is 11.1 Å². The first kappa shape index (κ1) is 18.1. The molecule has 1 aliphatic heterocycles. The Bertz CT molecular complexity index is 996. The van der Waals surface area contributed by atoms with Crippen LogP contribution in [-0.4, -0.2) is 30.6 Å². The van der Waals surface area contributed by atoms with E-state index in [1.807, 2.05) is 60.7 Å². The van der Waals surface area contributed by atoms with Gasteiger partial charge in [0.05, 0.1) is 5.69 Å². The van der Waals surface area contributed by atoms with E-state index >= 15 is 0 Å². The fourth-order valence-electron chi connectivity index (χ4n) is 3.45. The van der Waals surface area contributed by atoms with Crippen molar-refractivity contribution in [2.75, 3.05) is 25.5 Å². The third-order valence-corrected chi connectivity index (χ3v) is 4.76. The molecule has 0 spiro atoms. The minimum Gasteiger partial charge on any atom is -0.508 e. The molecule has 1 heterocycles. The van der Waals surface area contributed by atoms with Gasteiger partial charge in [0.25, 0.3) is 0 Å². The Kier molecular flexibility index (Phi) is 5.04. The fraction of sp³-hybridized carbons (Fsp3) is 0.167. The summed E-state index contributed by atoms with van der Waals surface area (Å²) < 4.78 is 6.23. The van der Waals surface area contributed by atoms with E-state index in [0.717, 1.165) is 40.5 Å². The van der Waals surface area contributed by atoms with Crippen molar-refractivity contribution >= 4 is 17.1 Å². The molecule has 1 aliphatic rings. The molecule has 3 aromatic rings. The van der Waals surface area contributed by atoms with Crippen LogP contribution in [0, 0.1) is 0 Å². The fourth-order valence-corrected chi connectivity index (χ4v) is 3.45. The number of ether oxygens (including phenoxy) is 1. The van der Waals surface area contributed by atoms with Crippen LogP contribution in [0.3, 0.4) is 0 Å². The smallest absolute Gasteiger partial charge is 0.134 e. The minimum absolute atomic E-state index is 0.330. The first-order chi connectivity index (χ1) is 13.6. The summed E-state index contributed by atoms with van der Waals surface area (Å²) in [6.07, 6.45) is 1.84. The SMILES string of the molecule is CN(C)Cc1ccc(N2CC=C(O)c3ccccc32)cc1Oc1ccccc1. The molecule has 4 heteroatoms. The van der Waals surface area contributed by atoms with Gasteiger partial charge in [-0.1, -0.05) is 36.4 Å². The predicted molar refractivity (Wildman–Crippen MR) is 114 cm³/mol. The van der Waals surface area contributed by atoms with Crippen LogP contribution in [0.4, 0.5) is 11.4 Å². The van der Waals surface area contributed by atoms with Gasteiger partial charge in [-0.05, 0) is 50.5 Å². The van der Waals surface area contributed by atoms with Crippen LogP contribution in [0.15, 0.2) is 78.9 Å². The lowest BCUT2D eigenvalue weighted by Crippen LogP contribution is -2.22. The van der Waals surface area contributed by atoms with E-state index in [4.69, 9.17) is 4.74 Å². The van der Waals surface area contributed by atoms with Gasteiger partial charge in [-0.2, -0.15) is 0 Å². The number of aliphatic hydroxyl groups excluding tert-OH is 1. The van der Waals surface area contributed by atoms with Gasteiger partial charge in [0.2, 0.25) is 0 Å². The maximum absolute atomic E-state index is 10.2. The molecule has 0 amide bonds. The van der Waals surface area contributed by atoms with E-state index in [1.54, 1.807) is 0 Å². The standard InChI is InChI=1S/C24H24N2O2/c1-25(2)17-18-12-13-19(16-24(18)28-20-8-4-3-5-9-20)26-15-14-23(27)21-10-6-7-11-22(21)26/h3-14,16,27H,15,17H2,1-2H3. The molecule has 0 saturated carbocycles. The van der Waals surface area contributed by atoms with Crippen molar-refractivity contribution in [1.82, 2.24) is 4.90 Å². The van der Waals surface area contributed by atoms with Gasteiger partial charge < -0.3 is 19.6 Å². The summed E-state index contributed by atoms with van der Waals surface area (Å²) >= 11 is 0. The third-order valence-electron chi connectivity index (χ3n) is 4.76. The number of hydrogen-bond donors (Lipinski definition) is 1. The number of hydrogen-bond acceptors (Lipinski definition) is 4. The van der Waals surface area contributed by atoms with E-state index in [9.17, 15) is 5.11 Å². The van der Waals surface area contributed by atoms with Gasteiger partial charge in [-0.25, -0.2) is 0 Å². The van der Waals surface area contributed by atoms with Crippen molar-refractivity contribution in [3.05, 3.63) is 90.0 Å². The summed E-state index contributed by atoms with van der Waals surface area (Å²) in [5.41, 5.74) is 4.00. The number of benzene rings is 3. The highest BCUT2D eigenvalue weighted by Gasteiger charge is 2.20. The molecule has 142 valence electrons.